The van der Waals surface area contributed by atoms with E-state index in [4.69, 9.17) is 11.6 Å². The third-order valence-electron chi connectivity index (χ3n) is 3.46. The van der Waals surface area contributed by atoms with Crippen molar-refractivity contribution in [1.29, 1.82) is 0 Å². The number of halogens is 3. The minimum absolute atomic E-state index is 0.222. The zero-order valence-electron chi connectivity index (χ0n) is 12.3. The van der Waals surface area contributed by atoms with Gasteiger partial charge < -0.3 is 5.32 Å². The molecular weight excluding hydrogens is 464 g/mol. The summed E-state index contributed by atoms with van der Waals surface area (Å²) >= 11 is 12.3. The van der Waals surface area contributed by atoms with Crippen LogP contribution in [0.5, 0.6) is 0 Å². The van der Waals surface area contributed by atoms with Gasteiger partial charge in [0.05, 0.1) is 5.69 Å². The van der Waals surface area contributed by atoms with Crippen LogP contribution in [-0.4, -0.2) is 16.3 Å². The lowest BCUT2D eigenvalue weighted by atomic mass is 9.99. The average Bonchev–Trinajstić information content (AvgIpc) is 2.67. The molecule has 0 radical (unpaired) electrons. The molecule has 1 aromatic heterocycles. The minimum Gasteiger partial charge on any atom is -0.310 e. The van der Waals surface area contributed by atoms with Crippen LogP contribution < -0.4 is 5.32 Å². The van der Waals surface area contributed by atoms with E-state index < -0.39 is 0 Å². The fraction of sp³-hybridized carbons (Fsp3) is 0.400. The first-order valence-corrected chi connectivity index (χ1v) is 9.05. The lowest BCUT2D eigenvalue weighted by Crippen LogP contribution is -2.24. The molecule has 6 heteroatoms. The fourth-order valence-electron chi connectivity index (χ4n) is 2.43. The van der Waals surface area contributed by atoms with E-state index in [9.17, 15) is 0 Å². The summed E-state index contributed by atoms with van der Waals surface area (Å²) in [6, 6.07) is 6.59. The van der Waals surface area contributed by atoms with Crippen molar-refractivity contribution in [3.63, 3.8) is 0 Å². The topological polar surface area (TPSA) is 29.9 Å². The van der Waals surface area contributed by atoms with Gasteiger partial charge >= 0.3 is 0 Å². The van der Waals surface area contributed by atoms with Gasteiger partial charge in [0, 0.05) is 26.7 Å². The van der Waals surface area contributed by atoms with Crippen LogP contribution >= 0.6 is 50.1 Å². The molecule has 1 aromatic carbocycles. The maximum absolute atomic E-state index is 6.38. The Kier molecular flexibility index (Phi) is 6.11. The first kappa shape index (κ1) is 17.2. The lowest BCUT2D eigenvalue weighted by molar-refractivity contribution is 0.546. The van der Waals surface area contributed by atoms with E-state index in [0.717, 1.165) is 33.8 Å². The Bertz CT molecular complexity index is 642. The monoisotopic (exact) mass is 481 g/mol. The Labute approximate surface area is 152 Å². The predicted octanol–water partition coefficient (Wildman–Crippen LogP) is 4.64. The van der Waals surface area contributed by atoms with E-state index in [-0.39, 0.29) is 6.04 Å². The number of rotatable bonds is 5. The van der Waals surface area contributed by atoms with Crippen molar-refractivity contribution in [2.45, 2.75) is 26.3 Å². The number of hydrogen-bond acceptors (Lipinski definition) is 2. The Morgan fingerprint density at radius 1 is 1.48 bits per heavy atom. The van der Waals surface area contributed by atoms with Crippen molar-refractivity contribution in [3.8, 4) is 0 Å². The third kappa shape index (κ3) is 4.00. The maximum Gasteiger partial charge on any atom is 0.130 e. The Morgan fingerprint density at radius 2 is 2.19 bits per heavy atom. The minimum atomic E-state index is 0.222. The first-order chi connectivity index (χ1) is 9.93. The molecule has 1 atom stereocenters. The molecular formula is C15H18BrClIN3. The van der Waals surface area contributed by atoms with Crippen LogP contribution in [0.15, 0.2) is 22.7 Å². The largest absolute Gasteiger partial charge is 0.310 e. The molecule has 0 saturated carbocycles. The highest BCUT2D eigenvalue weighted by Gasteiger charge is 2.20. The number of benzene rings is 1. The highest BCUT2D eigenvalue weighted by atomic mass is 127. The van der Waals surface area contributed by atoms with Crippen LogP contribution in [0.2, 0.25) is 5.15 Å². The second-order valence-corrected chi connectivity index (χ2v) is 7.39. The lowest BCUT2D eigenvalue weighted by Gasteiger charge is -2.20. The standard InChI is InChI=1S/C15H18BrClIN3/c1-4-19-14(12-7-10(16)5-6-13(12)18)8-11-9(2)20-21(3)15(11)17/h5-7,14,19H,4,8H2,1-3H3. The van der Waals surface area contributed by atoms with Crippen molar-refractivity contribution < 1.29 is 0 Å². The van der Waals surface area contributed by atoms with Crippen molar-refractivity contribution in [2.24, 2.45) is 7.05 Å². The summed E-state index contributed by atoms with van der Waals surface area (Å²) in [4.78, 5) is 0. The Balaban J connectivity index is 2.37. The molecule has 0 fully saturated rings. The van der Waals surface area contributed by atoms with Crippen molar-refractivity contribution in [2.75, 3.05) is 6.54 Å². The first-order valence-electron chi connectivity index (χ1n) is 6.80. The van der Waals surface area contributed by atoms with E-state index >= 15 is 0 Å². The summed E-state index contributed by atoms with van der Waals surface area (Å²) in [5.74, 6) is 0. The second kappa shape index (κ2) is 7.44. The SMILES string of the molecule is CCNC(Cc1c(C)nn(C)c1Cl)c1cc(Br)ccc1I. The molecule has 0 saturated heterocycles. The van der Waals surface area contributed by atoms with Gasteiger partial charge in [0.25, 0.3) is 0 Å². The Morgan fingerprint density at radius 3 is 2.76 bits per heavy atom. The molecule has 114 valence electrons. The normalized spacial score (nSPS) is 12.7. The fourth-order valence-corrected chi connectivity index (χ4v) is 3.77. The zero-order valence-corrected chi connectivity index (χ0v) is 16.8. The number of likely N-dealkylation sites (N-methyl/N-ethyl adjacent to an activating group) is 1. The van der Waals surface area contributed by atoms with Gasteiger partial charge in [0.15, 0.2) is 0 Å². The van der Waals surface area contributed by atoms with Crippen molar-refractivity contribution >= 4 is 50.1 Å². The molecule has 0 spiro atoms. The van der Waals surface area contributed by atoms with Gasteiger partial charge in [-0.2, -0.15) is 5.10 Å². The Hall–Kier alpha value is -0.110. The van der Waals surface area contributed by atoms with Gasteiger partial charge in [-0.15, -0.1) is 0 Å². The molecule has 1 N–H and O–H groups in total. The van der Waals surface area contributed by atoms with Gasteiger partial charge in [-0.05, 0) is 66.2 Å². The average molecular weight is 483 g/mol. The van der Waals surface area contributed by atoms with Gasteiger partial charge in [-0.25, -0.2) is 0 Å². The zero-order chi connectivity index (χ0) is 15.6. The van der Waals surface area contributed by atoms with E-state index in [0.29, 0.717) is 0 Å². The van der Waals surface area contributed by atoms with Crippen LogP contribution in [-0.2, 0) is 13.5 Å². The molecule has 0 amide bonds. The van der Waals surface area contributed by atoms with Crippen LogP contribution in [0.3, 0.4) is 0 Å². The molecule has 2 aromatic rings. The summed E-state index contributed by atoms with van der Waals surface area (Å²) in [5, 5.41) is 8.68. The highest BCUT2D eigenvalue weighted by Crippen LogP contribution is 2.30. The molecule has 2 rings (SSSR count). The van der Waals surface area contributed by atoms with E-state index in [1.165, 1.54) is 9.13 Å². The van der Waals surface area contributed by atoms with Gasteiger partial charge in [-0.3, -0.25) is 4.68 Å². The maximum atomic E-state index is 6.38. The molecule has 0 aliphatic carbocycles. The number of hydrogen-bond donors (Lipinski definition) is 1. The van der Waals surface area contributed by atoms with Crippen LogP contribution in [0.4, 0.5) is 0 Å². The van der Waals surface area contributed by atoms with Crippen LogP contribution in [0.25, 0.3) is 0 Å². The van der Waals surface area contributed by atoms with Crippen LogP contribution in [0.1, 0.15) is 29.8 Å². The number of nitrogens with one attached hydrogen (secondary N) is 1. The highest BCUT2D eigenvalue weighted by molar-refractivity contribution is 14.1. The number of nitrogens with zero attached hydrogens (tertiary/aromatic N) is 2. The quantitative estimate of drug-likeness (QED) is 0.630. The molecule has 0 aliphatic rings. The molecule has 1 unspecified atom stereocenters. The molecule has 0 aliphatic heterocycles. The summed E-state index contributed by atoms with van der Waals surface area (Å²) in [6.07, 6.45) is 0.832. The van der Waals surface area contributed by atoms with Gasteiger partial charge in [0.2, 0.25) is 0 Å². The van der Waals surface area contributed by atoms with E-state index in [1.54, 1.807) is 4.68 Å². The van der Waals surface area contributed by atoms with E-state index in [1.807, 2.05) is 14.0 Å². The molecule has 3 nitrogen and oxygen atoms in total. The van der Waals surface area contributed by atoms with Crippen molar-refractivity contribution in [1.82, 2.24) is 15.1 Å². The number of aromatic nitrogens is 2. The molecule has 0 bridgehead atoms. The van der Waals surface area contributed by atoms with Crippen molar-refractivity contribution in [3.05, 3.63) is 48.2 Å². The second-order valence-electron chi connectivity index (χ2n) is 4.96. The summed E-state index contributed by atoms with van der Waals surface area (Å²) < 4.78 is 4.08. The summed E-state index contributed by atoms with van der Waals surface area (Å²) in [5.41, 5.74) is 3.39. The van der Waals surface area contributed by atoms with E-state index in [2.05, 4.69) is 74.1 Å². The molecule has 1 heterocycles. The van der Waals surface area contributed by atoms with Gasteiger partial charge in [-0.1, -0.05) is 34.5 Å². The molecule has 21 heavy (non-hydrogen) atoms. The third-order valence-corrected chi connectivity index (χ3v) is 5.41. The van der Waals surface area contributed by atoms with Crippen LogP contribution in [0, 0.1) is 10.5 Å². The summed E-state index contributed by atoms with van der Waals surface area (Å²) in [7, 11) is 1.88. The summed E-state index contributed by atoms with van der Waals surface area (Å²) in [6.45, 7) is 5.04. The smallest absolute Gasteiger partial charge is 0.130 e. The predicted molar refractivity (Wildman–Crippen MR) is 99.9 cm³/mol. The number of aryl methyl sites for hydroxylation is 2. The van der Waals surface area contributed by atoms with Gasteiger partial charge in [0.1, 0.15) is 5.15 Å².